The van der Waals surface area contributed by atoms with Gasteiger partial charge in [-0.05, 0) is 19.9 Å². The number of ether oxygens (including phenoxy) is 3. The molecule has 0 saturated heterocycles. The number of carboxylic acids is 1. The third-order valence-electron chi connectivity index (χ3n) is 3.44. The van der Waals surface area contributed by atoms with Crippen molar-refractivity contribution in [2.45, 2.75) is 31.4 Å². The summed E-state index contributed by atoms with van der Waals surface area (Å²) in [6, 6.07) is 3.18. The average molecular weight is 281 g/mol. The summed E-state index contributed by atoms with van der Waals surface area (Å²) in [4.78, 5) is 11.6. The Morgan fingerprint density at radius 2 is 1.85 bits per heavy atom. The van der Waals surface area contributed by atoms with E-state index in [0.717, 1.165) is 0 Å². The van der Waals surface area contributed by atoms with E-state index in [1.807, 2.05) is 0 Å². The minimum absolute atomic E-state index is 0.165. The predicted octanol–water partition coefficient (Wildman–Crippen LogP) is 1.50. The summed E-state index contributed by atoms with van der Waals surface area (Å²) in [5.74, 6) is 0.202. The van der Waals surface area contributed by atoms with Crippen LogP contribution in [0.2, 0.25) is 0 Å². The van der Waals surface area contributed by atoms with Crippen LogP contribution in [0.3, 0.4) is 0 Å². The molecule has 6 heteroatoms. The zero-order valence-electron chi connectivity index (χ0n) is 12.0. The molecule has 0 aromatic heterocycles. The molecular weight excluding hydrogens is 262 g/mol. The lowest BCUT2D eigenvalue weighted by atomic mass is 9.78. The normalized spacial score (nSPS) is 23.4. The molecule has 0 radical (unpaired) electrons. The number of nitrogens with two attached hydrogens (primary N) is 1. The van der Waals surface area contributed by atoms with Gasteiger partial charge in [-0.25, -0.2) is 4.79 Å². The number of benzene rings is 1. The second-order valence-electron chi connectivity index (χ2n) is 5.52. The third kappa shape index (κ3) is 2.16. The largest absolute Gasteiger partial charge is 0.493 e. The zero-order valence-corrected chi connectivity index (χ0v) is 12.0. The molecule has 1 aliphatic rings. The van der Waals surface area contributed by atoms with Crippen molar-refractivity contribution in [2.75, 3.05) is 14.2 Å². The van der Waals surface area contributed by atoms with Gasteiger partial charge in [0.2, 0.25) is 0 Å². The van der Waals surface area contributed by atoms with Crippen LogP contribution in [0.25, 0.3) is 0 Å². The highest BCUT2D eigenvalue weighted by molar-refractivity contribution is 5.83. The fraction of sp³-hybridized carbons (Fsp3) is 0.500. The Morgan fingerprint density at radius 1 is 1.30 bits per heavy atom. The highest BCUT2D eigenvalue weighted by Gasteiger charge is 2.48. The monoisotopic (exact) mass is 281 g/mol. The van der Waals surface area contributed by atoms with E-state index >= 15 is 0 Å². The number of hydrogen-bond donors (Lipinski definition) is 2. The summed E-state index contributed by atoms with van der Waals surface area (Å²) >= 11 is 0. The molecule has 0 amide bonds. The van der Waals surface area contributed by atoms with E-state index in [4.69, 9.17) is 19.9 Å². The third-order valence-corrected chi connectivity index (χ3v) is 3.44. The summed E-state index contributed by atoms with van der Waals surface area (Å²) < 4.78 is 16.2. The highest BCUT2D eigenvalue weighted by Crippen LogP contribution is 2.46. The summed E-state index contributed by atoms with van der Waals surface area (Å²) in [5.41, 5.74) is 4.32. The summed E-state index contributed by atoms with van der Waals surface area (Å²) in [6.07, 6.45) is 0.165. The van der Waals surface area contributed by atoms with Crippen molar-refractivity contribution < 1.29 is 24.1 Å². The Balaban J connectivity index is 2.68. The van der Waals surface area contributed by atoms with Gasteiger partial charge in [0, 0.05) is 18.1 Å². The van der Waals surface area contributed by atoms with E-state index in [1.54, 1.807) is 26.0 Å². The average Bonchev–Trinajstić information content (AvgIpc) is 2.35. The first-order valence-corrected chi connectivity index (χ1v) is 6.21. The number of carboxylic acid groups (broad SMARTS) is 1. The topological polar surface area (TPSA) is 91.0 Å². The van der Waals surface area contributed by atoms with E-state index in [1.165, 1.54) is 14.2 Å². The molecule has 0 fully saturated rings. The molecule has 3 N–H and O–H groups in total. The highest BCUT2D eigenvalue weighted by atomic mass is 16.5. The van der Waals surface area contributed by atoms with Crippen molar-refractivity contribution in [1.29, 1.82) is 0 Å². The van der Waals surface area contributed by atoms with Crippen molar-refractivity contribution in [3.05, 3.63) is 17.7 Å². The Bertz CT molecular complexity index is 555. The molecule has 20 heavy (non-hydrogen) atoms. The number of fused-ring (bicyclic) bond motifs is 1. The van der Waals surface area contributed by atoms with Crippen LogP contribution in [-0.2, 0) is 10.3 Å². The lowest BCUT2D eigenvalue weighted by Gasteiger charge is -2.41. The molecule has 1 aromatic rings. The van der Waals surface area contributed by atoms with Gasteiger partial charge in [-0.2, -0.15) is 0 Å². The summed E-state index contributed by atoms with van der Waals surface area (Å²) in [5, 5.41) is 9.51. The predicted molar refractivity (Wildman–Crippen MR) is 72.4 cm³/mol. The van der Waals surface area contributed by atoms with Crippen molar-refractivity contribution in [2.24, 2.45) is 5.73 Å². The summed E-state index contributed by atoms with van der Waals surface area (Å²) in [7, 11) is 2.99. The van der Waals surface area contributed by atoms with Crippen LogP contribution in [0.4, 0.5) is 0 Å². The molecule has 0 saturated carbocycles. The van der Waals surface area contributed by atoms with Crippen LogP contribution in [0.5, 0.6) is 17.2 Å². The molecule has 0 spiro atoms. The maximum Gasteiger partial charge on any atom is 0.328 e. The first kappa shape index (κ1) is 14.5. The molecule has 2 rings (SSSR count). The maximum absolute atomic E-state index is 11.6. The Labute approximate surface area is 117 Å². The van der Waals surface area contributed by atoms with Gasteiger partial charge in [-0.15, -0.1) is 0 Å². The van der Waals surface area contributed by atoms with Crippen molar-refractivity contribution in [3.63, 3.8) is 0 Å². The van der Waals surface area contributed by atoms with Crippen LogP contribution >= 0.6 is 0 Å². The molecule has 1 heterocycles. The number of aliphatic carboxylic acids is 1. The van der Waals surface area contributed by atoms with Crippen LogP contribution in [0.15, 0.2) is 12.1 Å². The van der Waals surface area contributed by atoms with E-state index in [2.05, 4.69) is 0 Å². The maximum atomic E-state index is 11.6. The van der Waals surface area contributed by atoms with Crippen molar-refractivity contribution in [1.82, 2.24) is 0 Å². The molecule has 0 bridgehead atoms. The minimum Gasteiger partial charge on any atom is -0.493 e. The minimum atomic E-state index is -1.52. The van der Waals surface area contributed by atoms with E-state index in [-0.39, 0.29) is 6.42 Å². The smallest absolute Gasteiger partial charge is 0.328 e. The molecule has 1 aromatic carbocycles. The van der Waals surface area contributed by atoms with Crippen LogP contribution in [-0.4, -0.2) is 30.9 Å². The van der Waals surface area contributed by atoms with Crippen LogP contribution in [0, 0.1) is 0 Å². The lowest BCUT2D eigenvalue weighted by Crippen LogP contribution is -2.54. The first-order chi connectivity index (χ1) is 9.23. The second kappa shape index (κ2) is 4.56. The SMILES string of the molecule is COc1cc2c(cc1OC)C(N)(C(=O)O)CC(C)(C)O2. The zero-order chi connectivity index (χ0) is 15.1. The number of rotatable bonds is 3. The lowest BCUT2D eigenvalue weighted by molar-refractivity contribution is -0.147. The Hall–Kier alpha value is -1.95. The Morgan fingerprint density at radius 3 is 2.35 bits per heavy atom. The summed E-state index contributed by atoms with van der Waals surface area (Å²) in [6.45, 7) is 3.61. The molecule has 1 unspecified atom stereocenters. The fourth-order valence-electron chi connectivity index (χ4n) is 2.58. The van der Waals surface area contributed by atoms with E-state index < -0.39 is 17.1 Å². The molecule has 0 aliphatic carbocycles. The van der Waals surface area contributed by atoms with Gasteiger partial charge in [0.15, 0.2) is 11.5 Å². The molecular formula is C14H19NO5. The quantitative estimate of drug-likeness (QED) is 0.872. The van der Waals surface area contributed by atoms with Crippen molar-refractivity contribution in [3.8, 4) is 17.2 Å². The molecule has 1 aliphatic heterocycles. The van der Waals surface area contributed by atoms with Crippen LogP contribution in [0.1, 0.15) is 25.8 Å². The number of hydrogen-bond acceptors (Lipinski definition) is 5. The number of methoxy groups -OCH3 is 2. The van der Waals surface area contributed by atoms with E-state index in [0.29, 0.717) is 22.8 Å². The second-order valence-corrected chi connectivity index (χ2v) is 5.52. The fourth-order valence-corrected chi connectivity index (χ4v) is 2.58. The van der Waals surface area contributed by atoms with Gasteiger partial charge >= 0.3 is 5.97 Å². The first-order valence-electron chi connectivity index (χ1n) is 6.21. The standard InChI is InChI=1S/C14H19NO5/c1-13(2)7-14(15,12(16)17)8-5-10(18-3)11(19-4)6-9(8)20-13/h5-6H,7,15H2,1-4H3,(H,16,17). The van der Waals surface area contributed by atoms with Gasteiger partial charge in [-0.3, -0.25) is 0 Å². The van der Waals surface area contributed by atoms with Crippen LogP contribution < -0.4 is 19.9 Å². The number of carbonyl (C=O) groups is 1. The molecule has 110 valence electrons. The van der Waals surface area contributed by atoms with Gasteiger partial charge in [0.05, 0.1) is 14.2 Å². The van der Waals surface area contributed by atoms with Gasteiger partial charge in [0.25, 0.3) is 0 Å². The van der Waals surface area contributed by atoms with Gasteiger partial charge in [0.1, 0.15) is 16.9 Å². The molecule has 6 nitrogen and oxygen atoms in total. The Kier molecular flexibility index (Phi) is 3.29. The van der Waals surface area contributed by atoms with Gasteiger partial charge < -0.3 is 25.1 Å². The molecule has 1 atom stereocenters. The van der Waals surface area contributed by atoms with Gasteiger partial charge in [-0.1, -0.05) is 0 Å². The van der Waals surface area contributed by atoms with E-state index in [9.17, 15) is 9.90 Å². The van der Waals surface area contributed by atoms with Crippen molar-refractivity contribution >= 4 is 5.97 Å².